The van der Waals surface area contributed by atoms with Crippen molar-refractivity contribution in [2.75, 3.05) is 0 Å². The molecular weight excluding hydrogens is 136 g/mol. The zero-order chi connectivity index (χ0) is 8.69. The van der Waals surface area contributed by atoms with Crippen LogP contribution in [-0.4, -0.2) is 12.4 Å². The Kier molecular flexibility index (Phi) is 5.35. The molecule has 0 aliphatic carbocycles. The van der Waals surface area contributed by atoms with Crippen LogP contribution in [0, 0.1) is 5.92 Å². The van der Waals surface area contributed by atoms with Crippen LogP contribution in [0.25, 0.3) is 0 Å². The minimum atomic E-state index is 0.470. The molecule has 0 bridgehead atoms. The maximum atomic E-state index is 3.86. The Morgan fingerprint density at radius 3 is 2.36 bits per heavy atom. The highest BCUT2D eigenvalue weighted by Crippen LogP contribution is 1.88. The maximum absolute atomic E-state index is 3.86. The van der Waals surface area contributed by atoms with Crippen molar-refractivity contribution in [3.63, 3.8) is 0 Å². The Bertz CT molecular complexity index is 176. The van der Waals surface area contributed by atoms with Gasteiger partial charge in [-0.1, -0.05) is 19.9 Å². The molecule has 0 atom stereocenters. The Labute approximate surface area is 68.7 Å². The molecule has 11 heavy (non-hydrogen) atoms. The molecule has 0 rings (SSSR count). The molecule has 2 nitrogen and oxygen atoms in total. The average Bonchev–Trinajstić information content (AvgIpc) is 1.97. The summed E-state index contributed by atoms with van der Waals surface area (Å²) in [6, 6.07) is 0. The standard InChI is InChI=1S/C9H16N2/c1-5-9(4)7-11-10-6-8(2)3/h5-8H,1-4H3/b9-5-,10-6-,11-7-. The highest BCUT2D eigenvalue weighted by Gasteiger charge is 1.81. The molecule has 0 N–H and O–H groups in total. The predicted molar refractivity (Wildman–Crippen MR) is 51.3 cm³/mol. The fourth-order valence-electron chi connectivity index (χ4n) is 0.371. The highest BCUT2D eigenvalue weighted by molar-refractivity contribution is 5.77. The SMILES string of the molecule is C\C=C(C)/C=N\N=C/C(C)C. The van der Waals surface area contributed by atoms with Gasteiger partial charge in [-0.3, -0.25) is 0 Å². The van der Waals surface area contributed by atoms with E-state index in [0.717, 1.165) is 5.57 Å². The molecule has 0 amide bonds. The molecule has 0 aromatic rings. The topological polar surface area (TPSA) is 24.7 Å². The van der Waals surface area contributed by atoms with Crippen LogP contribution < -0.4 is 0 Å². The van der Waals surface area contributed by atoms with E-state index < -0.39 is 0 Å². The van der Waals surface area contributed by atoms with E-state index >= 15 is 0 Å². The van der Waals surface area contributed by atoms with Gasteiger partial charge in [-0.05, 0) is 25.3 Å². The lowest BCUT2D eigenvalue weighted by Gasteiger charge is -1.88. The quantitative estimate of drug-likeness (QED) is 0.439. The summed E-state index contributed by atoms with van der Waals surface area (Å²) in [6.07, 6.45) is 5.56. The Hall–Kier alpha value is -0.920. The van der Waals surface area contributed by atoms with Gasteiger partial charge in [-0.25, -0.2) is 0 Å². The molecule has 0 radical (unpaired) electrons. The van der Waals surface area contributed by atoms with Crippen LogP contribution in [0.1, 0.15) is 27.7 Å². The Balaban J connectivity index is 3.78. The third-order valence-corrected chi connectivity index (χ3v) is 1.15. The summed E-state index contributed by atoms with van der Waals surface area (Å²) in [5.74, 6) is 0.470. The van der Waals surface area contributed by atoms with E-state index in [1.165, 1.54) is 0 Å². The summed E-state index contributed by atoms with van der Waals surface area (Å²) in [6.45, 7) is 8.12. The third kappa shape index (κ3) is 6.97. The number of allylic oxidation sites excluding steroid dienone is 2. The molecule has 0 unspecified atom stereocenters. The van der Waals surface area contributed by atoms with Crippen LogP contribution >= 0.6 is 0 Å². The lowest BCUT2D eigenvalue weighted by molar-refractivity contribution is 0.900. The molecular formula is C9H16N2. The van der Waals surface area contributed by atoms with Gasteiger partial charge in [-0.15, -0.1) is 0 Å². The molecule has 2 heteroatoms. The molecule has 62 valence electrons. The minimum Gasteiger partial charge on any atom is -0.163 e. The van der Waals surface area contributed by atoms with Crippen LogP contribution in [0.5, 0.6) is 0 Å². The van der Waals surface area contributed by atoms with E-state index in [9.17, 15) is 0 Å². The molecule has 0 saturated carbocycles. The average molecular weight is 152 g/mol. The molecule has 0 aromatic carbocycles. The summed E-state index contributed by atoms with van der Waals surface area (Å²) >= 11 is 0. The van der Waals surface area contributed by atoms with Crippen LogP contribution in [-0.2, 0) is 0 Å². The highest BCUT2D eigenvalue weighted by atomic mass is 15.2. The fraction of sp³-hybridized carbons (Fsp3) is 0.556. The normalized spacial score (nSPS) is 14.1. The van der Waals surface area contributed by atoms with Crippen molar-refractivity contribution >= 4 is 12.4 Å². The van der Waals surface area contributed by atoms with Gasteiger partial charge in [0.1, 0.15) is 0 Å². The summed E-state index contributed by atoms with van der Waals surface area (Å²) in [5.41, 5.74) is 1.13. The Morgan fingerprint density at radius 1 is 1.27 bits per heavy atom. The maximum Gasteiger partial charge on any atom is 0.0521 e. The summed E-state index contributed by atoms with van der Waals surface area (Å²) in [5, 5.41) is 7.72. The van der Waals surface area contributed by atoms with Gasteiger partial charge in [0.25, 0.3) is 0 Å². The van der Waals surface area contributed by atoms with Crippen molar-refractivity contribution < 1.29 is 0 Å². The summed E-state index contributed by atoms with van der Waals surface area (Å²) in [7, 11) is 0. The van der Waals surface area contributed by atoms with Gasteiger partial charge in [-0.2, -0.15) is 10.2 Å². The first-order valence-corrected chi connectivity index (χ1v) is 3.86. The lowest BCUT2D eigenvalue weighted by Crippen LogP contribution is -1.85. The van der Waals surface area contributed by atoms with Crippen molar-refractivity contribution in [3.05, 3.63) is 11.6 Å². The van der Waals surface area contributed by atoms with Crippen LogP contribution in [0.15, 0.2) is 21.9 Å². The summed E-state index contributed by atoms with van der Waals surface area (Å²) < 4.78 is 0. The van der Waals surface area contributed by atoms with Gasteiger partial charge in [0.05, 0.1) is 6.21 Å². The molecule has 0 aliphatic heterocycles. The number of nitrogens with zero attached hydrogens (tertiary/aromatic N) is 2. The van der Waals surface area contributed by atoms with Crippen molar-refractivity contribution in [1.29, 1.82) is 0 Å². The van der Waals surface area contributed by atoms with E-state index in [-0.39, 0.29) is 0 Å². The van der Waals surface area contributed by atoms with Crippen LogP contribution in [0.4, 0.5) is 0 Å². The van der Waals surface area contributed by atoms with Crippen molar-refractivity contribution in [2.45, 2.75) is 27.7 Å². The number of hydrogen-bond acceptors (Lipinski definition) is 2. The molecule has 0 fully saturated rings. The number of hydrogen-bond donors (Lipinski definition) is 0. The van der Waals surface area contributed by atoms with Gasteiger partial charge >= 0.3 is 0 Å². The Morgan fingerprint density at radius 2 is 1.91 bits per heavy atom. The first-order valence-electron chi connectivity index (χ1n) is 3.86. The first kappa shape index (κ1) is 10.1. The molecule has 0 saturated heterocycles. The van der Waals surface area contributed by atoms with Gasteiger partial charge in [0.2, 0.25) is 0 Å². The first-order chi connectivity index (χ1) is 5.16. The fourth-order valence-corrected chi connectivity index (χ4v) is 0.371. The smallest absolute Gasteiger partial charge is 0.0521 e. The third-order valence-electron chi connectivity index (χ3n) is 1.15. The van der Waals surface area contributed by atoms with Gasteiger partial charge in [0, 0.05) is 6.21 Å². The van der Waals surface area contributed by atoms with E-state index in [0.29, 0.717) is 5.92 Å². The predicted octanol–water partition coefficient (Wildman–Crippen LogP) is 2.67. The van der Waals surface area contributed by atoms with E-state index in [4.69, 9.17) is 0 Å². The lowest BCUT2D eigenvalue weighted by atomic mass is 10.3. The van der Waals surface area contributed by atoms with Gasteiger partial charge < -0.3 is 0 Å². The monoisotopic (exact) mass is 152 g/mol. The van der Waals surface area contributed by atoms with Crippen molar-refractivity contribution in [3.8, 4) is 0 Å². The zero-order valence-electron chi connectivity index (χ0n) is 7.70. The second-order valence-electron chi connectivity index (χ2n) is 2.79. The van der Waals surface area contributed by atoms with Crippen molar-refractivity contribution in [1.82, 2.24) is 0 Å². The van der Waals surface area contributed by atoms with E-state index in [1.807, 2.05) is 26.1 Å². The second kappa shape index (κ2) is 5.83. The van der Waals surface area contributed by atoms with E-state index in [2.05, 4.69) is 24.1 Å². The van der Waals surface area contributed by atoms with Crippen LogP contribution in [0.2, 0.25) is 0 Å². The summed E-state index contributed by atoms with van der Waals surface area (Å²) in [4.78, 5) is 0. The molecule has 0 aliphatic rings. The molecule has 0 heterocycles. The second-order valence-corrected chi connectivity index (χ2v) is 2.79. The van der Waals surface area contributed by atoms with Gasteiger partial charge in [0.15, 0.2) is 0 Å². The van der Waals surface area contributed by atoms with Crippen molar-refractivity contribution in [2.24, 2.45) is 16.1 Å². The zero-order valence-corrected chi connectivity index (χ0v) is 7.70. The largest absolute Gasteiger partial charge is 0.163 e. The molecule has 0 spiro atoms. The van der Waals surface area contributed by atoms with E-state index in [1.54, 1.807) is 6.21 Å². The molecule has 0 aromatic heterocycles. The van der Waals surface area contributed by atoms with Crippen LogP contribution in [0.3, 0.4) is 0 Å². The number of rotatable bonds is 3. The minimum absolute atomic E-state index is 0.470.